The molecule has 4 nitrogen and oxygen atoms in total. The number of nitrogens with zero attached hydrogens (tertiary/aromatic N) is 2. The fraction of sp³-hybridized carbons (Fsp3) is 0.0769. The first-order valence-electron chi connectivity index (χ1n) is 5.46. The monoisotopic (exact) mass is 224 g/mol. The molecule has 0 bridgehead atoms. The van der Waals surface area contributed by atoms with Gasteiger partial charge in [-0.1, -0.05) is 30.3 Å². The van der Waals surface area contributed by atoms with E-state index in [2.05, 4.69) is 15.3 Å². The Morgan fingerprint density at radius 1 is 1.12 bits per heavy atom. The van der Waals surface area contributed by atoms with Crippen molar-refractivity contribution in [3.63, 3.8) is 0 Å². The molecule has 0 amide bonds. The Hall–Kier alpha value is -2.36. The van der Waals surface area contributed by atoms with Crippen LogP contribution in [0.15, 0.2) is 47.6 Å². The Kier molecular flexibility index (Phi) is 2.26. The number of anilines is 2. The van der Waals surface area contributed by atoms with Crippen molar-refractivity contribution in [3.05, 3.63) is 48.2 Å². The number of aromatic nitrogens is 1. The van der Waals surface area contributed by atoms with Crippen molar-refractivity contribution in [3.8, 4) is 0 Å². The van der Waals surface area contributed by atoms with Crippen LogP contribution in [0.1, 0.15) is 5.56 Å². The lowest BCUT2D eigenvalue weighted by molar-refractivity contribution is 1.24. The molecule has 0 saturated heterocycles. The van der Waals surface area contributed by atoms with Crippen LogP contribution in [-0.4, -0.2) is 17.2 Å². The summed E-state index contributed by atoms with van der Waals surface area (Å²) in [6.07, 6.45) is 1.68. The fourth-order valence-electron chi connectivity index (χ4n) is 1.88. The second-order valence-electron chi connectivity index (χ2n) is 3.87. The molecular weight excluding hydrogens is 212 g/mol. The van der Waals surface area contributed by atoms with Crippen LogP contribution in [-0.2, 0) is 0 Å². The standard InChI is InChI=1S/C13H12N4/c14-13-12-10(6-7-15-13)16-8-11(17-12)9-4-2-1-3-5-9/h1-7,16H,8H2,(H2,14,15). The highest BCUT2D eigenvalue weighted by Crippen LogP contribution is 2.32. The summed E-state index contributed by atoms with van der Waals surface area (Å²) in [5, 5.41) is 3.30. The van der Waals surface area contributed by atoms with Gasteiger partial charge in [0.2, 0.25) is 0 Å². The molecular formula is C13H12N4. The lowest BCUT2D eigenvalue weighted by Gasteiger charge is -2.18. The van der Waals surface area contributed by atoms with Gasteiger partial charge in [0.25, 0.3) is 0 Å². The molecule has 1 aliphatic rings. The lowest BCUT2D eigenvalue weighted by atomic mass is 10.1. The van der Waals surface area contributed by atoms with Crippen molar-refractivity contribution in [2.75, 3.05) is 17.6 Å². The minimum Gasteiger partial charge on any atom is -0.382 e. The molecule has 84 valence electrons. The molecule has 0 unspecified atom stereocenters. The third-order valence-electron chi connectivity index (χ3n) is 2.75. The highest BCUT2D eigenvalue weighted by Gasteiger charge is 2.14. The predicted molar refractivity (Wildman–Crippen MR) is 69.8 cm³/mol. The number of aliphatic imine (C=N–C) groups is 1. The smallest absolute Gasteiger partial charge is 0.151 e. The molecule has 1 aromatic carbocycles. The summed E-state index contributed by atoms with van der Waals surface area (Å²) in [6.45, 7) is 0.709. The summed E-state index contributed by atoms with van der Waals surface area (Å²) in [7, 11) is 0. The fourth-order valence-corrected chi connectivity index (χ4v) is 1.88. The number of nitrogen functional groups attached to an aromatic ring is 1. The van der Waals surface area contributed by atoms with Gasteiger partial charge in [0.15, 0.2) is 5.82 Å². The van der Waals surface area contributed by atoms with Crippen LogP contribution >= 0.6 is 0 Å². The normalized spacial score (nSPS) is 13.5. The van der Waals surface area contributed by atoms with Gasteiger partial charge in [-0.2, -0.15) is 0 Å². The molecule has 1 aliphatic heterocycles. The van der Waals surface area contributed by atoms with Crippen LogP contribution in [0.25, 0.3) is 0 Å². The molecule has 3 rings (SSSR count). The molecule has 3 N–H and O–H groups in total. The third kappa shape index (κ3) is 1.73. The van der Waals surface area contributed by atoms with Crippen LogP contribution in [0, 0.1) is 0 Å². The van der Waals surface area contributed by atoms with E-state index >= 15 is 0 Å². The van der Waals surface area contributed by atoms with Gasteiger partial charge < -0.3 is 11.1 Å². The molecule has 0 saturated carbocycles. The minimum absolute atomic E-state index is 0.461. The average molecular weight is 224 g/mol. The molecule has 0 atom stereocenters. The van der Waals surface area contributed by atoms with Gasteiger partial charge in [0.05, 0.1) is 17.9 Å². The van der Waals surface area contributed by atoms with Gasteiger partial charge >= 0.3 is 0 Å². The van der Waals surface area contributed by atoms with Crippen molar-refractivity contribution in [2.45, 2.75) is 0 Å². The summed E-state index contributed by atoms with van der Waals surface area (Å²) < 4.78 is 0. The van der Waals surface area contributed by atoms with Crippen molar-refractivity contribution in [1.82, 2.24) is 4.98 Å². The quantitative estimate of drug-likeness (QED) is 0.780. The SMILES string of the molecule is Nc1nccc2c1N=C(c1ccccc1)CN2. The van der Waals surface area contributed by atoms with Crippen LogP contribution < -0.4 is 11.1 Å². The molecule has 0 spiro atoms. The number of benzene rings is 1. The van der Waals surface area contributed by atoms with E-state index in [1.807, 2.05) is 36.4 Å². The topological polar surface area (TPSA) is 63.3 Å². The van der Waals surface area contributed by atoms with Crippen molar-refractivity contribution in [2.24, 2.45) is 4.99 Å². The summed E-state index contributed by atoms with van der Waals surface area (Å²) in [5.41, 5.74) is 9.59. The summed E-state index contributed by atoms with van der Waals surface area (Å²) in [5.74, 6) is 0.461. The first-order chi connectivity index (χ1) is 8.34. The minimum atomic E-state index is 0.461. The van der Waals surface area contributed by atoms with E-state index in [1.165, 1.54) is 0 Å². The van der Waals surface area contributed by atoms with Gasteiger partial charge in [-0.25, -0.2) is 9.98 Å². The predicted octanol–water partition coefficient (Wildman–Crippen LogP) is 2.21. The number of fused-ring (bicyclic) bond motifs is 1. The third-order valence-corrected chi connectivity index (χ3v) is 2.75. The van der Waals surface area contributed by atoms with Gasteiger partial charge in [0.1, 0.15) is 5.69 Å². The van der Waals surface area contributed by atoms with Crippen molar-refractivity contribution >= 4 is 22.9 Å². The Labute approximate surface area is 99.2 Å². The number of hydrogen-bond acceptors (Lipinski definition) is 4. The van der Waals surface area contributed by atoms with Crippen molar-refractivity contribution in [1.29, 1.82) is 0 Å². The molecule has 0 radical (unpaired) electrons. The van der Waals surface area contributed by atoms with Crippen LogP contribution in [0.5, 0.6) is 0 Å². The maximum Gasteiger partial charge on any atom is 0.151 e. The van der Waals surface area contributed by atoms with E-state index in [9.17, 15) is 0 Å². The molecule has 0 aliphatic carbocycles. The Morgan fingerprint density at radius 3 is 2.76 bits per heavy atom. The zero-order valence-electron chi connectivity index (χ0n) is 9.22. The molecule has 1 aromatic heterocycles. The van der Waals surface area contributed by atoms with Gasteiger partial charge in [-0.3, -0.25) is 0 Å². The highest BCUT2D eigenvalue weighted by molar-refractivity contribution is 6.08. The zero-order chi connectivity index (χ0) is 11.7. The number of pyridine rings is 1. The number of rotatable bonds is 1. The second kappa shape index (κ2) is 3.90. The molecule has 4 heteroatoms. The summed E-state index contributed by atoms with van der Waals surface area (Å²) in [4.78, 5) is 8.63. The average Bonchev–Trinajstić information content (AvgIpc) is 2.40. The first-order valence-corrected chi connectivity index (χ1v) is 5.46. The highest BCUT2D eigenvalue weighted by atomic mass is 15.0. The van der Waals surface area contributed by atoms with E-state index in [0.717, 1.165) is 22.6 Å². The molecule has 2 heterocycles. The summed E-state index contributed by atoms with van der Waals surface area (Å²) in [6, 6.07) is 12.0. The maximum atomic E-state index is 5.82. The zero-order valence-corrected chi connectivity index (χ0v) is 9.22. The Morgan fingerprint density at radius 2 is 1.94 bits per heavy atom. The van der Waals surface area contributed by atoms with Crippen LogP contribution in [0.2, 0.25) is 0 Å². The summed E-state index contributed by atoms with van der Waals surface area (Å²) >= 11 is 0. The Balaban J connectivity index is 2.09. The van der Waals surface area contributed by atoms with Gasteiger partial charge in [-0.15, -0.1) is 0 Å². The van der Waals surface area contributed by atoms with Crippen LogP contribution in [0.3, 0.4) is 0 Å². The van der Waals surface area contributed by atoms with E-state index in [4.69, 9.17) is 5.73 Å². The molecule has 0 fully saturated rings. The molecule has 2 aromatic rings. The van der Waals surface area contributed by atoms with E-state index in [0.29, 0.717) is 12.4 Å². The molecule has 17 heavy (non-hydrogen) atoms. The number of nitrogens with two attached hydrogens (primary N) is 1. The number of hydrogen-bond donors (Lipinski definition) is 2. The number of nitrogens with one attached hydrogen (secondary N) is 1. The largest absolute Gasteiger partial charge is 0.382 e. The lowest BCUT2D eigenvalue weighted by Crippen LogP contribution is -2.19. The van der Waals surface area contributed by atoms with E-state index in [-0.39, 0.29) is 0 Å². The van der Waals surface area contributed by atoms with E-state index < -0.39 is 0 Å². The van der Waals surface area contributed by atoms with Crippen molar-refractivity contribution < 1.29 is 0 Å². The second-order valence-corrected chi connectivity index (χ2v) is 3.87. The first kappa shape index (κ1) is 9.84. The van der Waals surface area contributed by atoms with Gasteiger partial charge in [0, 0.05) is 6.20 Å². The maximum absolute atomic E-state index is 5.82. The van der Waals surface area contributed by atoms with Gasteiger partial charge in [-0.05, 0) is 11.6 Å². The van der Waals surface area contributed by atoms with E-state index in [1.54, 1.807) is 6.20 Å². The van der Waals surface area contributed by atoms with Crippen LogP contribution in [0.4, 0.5) is 17.2 Å². The Bertz CT molecular complexity index is 575.